The lowest BCUT2D eigenvalue weighted by Gasteiger charge is -2.29. The van der Waals surface area contributed by atoms with Crippen molar-refractivity contribution in [2.75, 3.05) is 13.1 Å². The van der Waals surface area contributed by atoms with Crippen molar-refractivity contribution < 1.29 is 9.39 Å². The van der Waals surface area contributed by atoms with Crippen LogP contribution in [0.1, 0.15) is 18.5 Å². The highest BCUT2D eigenvalue weighted by Crippen LogP contribution is 2.38. The molecule has 3 aliphatic rings. The number of H-pyrrole nitrogens is 1. The lowest BCUT2D eigenvalue weighted by atomic mass is 9.92. The Morgan fingerprint density at radius 1 is 1.26 bits per heavy atom. The van der Waals surface area contributed by atoms with Crippen LogP contribution in [0, 0.1) is 5.92 Å². The molecule has 1 aromatic carbocycles. The van der Waals surface area contributed by atoms with Gasteiger partial charge in [-0.3, -0.25) is 9.79 Å². The number of carbonyl (C=O) groups is 1. The Morgan fingerprint density at radius 2 is 2.07 bits per heavy atom. The van der Waals surface area contributed by atoms with E-state index >= 15 is 0 Å². The zero-order chi connectivity index (χ0) is 18.4. The number of allylic oxidation sites excluding steroid dienone is 2. The molecule has 0 saturated carbocycles. The first kappa shape index (κ1) is 16.2. The molecule has 0 aliphatic carbocycles. The van der Waals surface area contributed by atoms with Crippen LogP contribution in [0.15, 0.2) is 64.1 Å². The lowest BCUT2D eigenvalue weighted by molar-refractivity contribution is -0.750. The van der Waals surface area contributed by atoms with Crippen molar-refractivity contribution >= 4 is 29.4 Å². The molecule has 2 aromatic rings. The first-order valence-electron chi connectivity index (χ1n) is 9.19. The molecule has 3 aliphatic heterocycles. The third-order valence-corrected chi connectivity index (χ3v) is 5.66. The van der Waals surface area contributed by atoms with Gasteiger partial charge in [0.05, 0.1) is 12.4 Å². The van der Waals surface area contributed by atoms with Crippen molar-refractivity contribution in [2.24, 2.45) is 21.7 Å². The van der Waals surface area contributed by atoms with Gasteiger partial charge < -0.3 is 9.88 Å². The smallest absolute Gasteiger partial charge is 0.281 e. The van der Waals surface area contributed by atoms with E-state index in [2.05, 4.69) is 22.1 Å². The second kappa shape index (κ2) is 6.00. The second-order valence-corrected chi connectivity index (χ2v) is 7.25. The molecular weight excluding hydrogens is 340 g/mol. The van der Waals surface area contributed by atoms with E-state index in [-0.39, 0.29) is 10.5 Å². The van der Waals surface area contributed by atoms with E-state index in [1.807, 2.05) is 35.5 Å². The maximum Gasteiger partial charge on any atom is 0.281 e. The van der Waals surface area contributed by atoms with Crippen molar-refractivity contribution in [1.82, 2.24) is 9.88 Å². The normalized spacial score (nSPS) is 25.2. The number of hydrogen-bond donors (Lipinski definition) is 2. The number of aromatic nitrogens is 1. The van der Waals surface area contributed by atoms with E-state index in [1.54, 1.807) is 6.20 Å². The van der Waals surface area contributed by atoms with Crippen LogP contribution in [0.4, 0.5) is 0 Å². The van der Waals surface area contributed by atoms with Crippen molar-refractivity contribution in [3.8, 4) is 0 Å². The van der Waals surface area contributed by atoms with Crippen molar-refractivity contribution in [3.63, 3.8) is 0 Å². The Bertz CT molecular complexity index is 1000. The Morgan fingerprint density at radius 3 is 2.85 bits per heavy atom. The van der Waals surface area contributed by atoms with Gasteiger partial charge in [0.2, 0.25) is 12.1 Å². The van der Waals surface area contributed by atoms with Crippen LogP contribution < -0.4 is 5.84 Å². The van der Waals surface area contributed by atoms with E-state index in [0.29, 0.717) is 0 Å². The highest BCUT2D eigenvalue weighted by molar-refractivity contribution is 6.02. The Balaban J connectivity index is 1.57. The molecule has 4 heterocycles. The average molecular weight is 361 g/mol. The highest BCUT2D eigenvalue weighted by Gasteiger charge is 2.46. The summed E-state index contributed by atoms with van der Waals surface area (Å²) in [5, 5.41) is 1.13. The first-order valence-corrected chi connectivity index (χ1v) is 9.19. The number of amidine groups is 1. The zero-order valence-electron chi connectivity index (χ0n) is 14.9. The number of carbonyl (C=O) groups excluding carboxylic acids is 1. The van der Waals surface area contributed by atoms with Crippen LogP contribution in [-0.2, 0) is 4.79 Å². The number of hydrogen-bond acceptors (Lipinski definition) is 4. The summed E-state index contributed by atoms with van der Waals surface area (Å²) in [5.41, 5.74) is 3.88. The number of nitrogens with one attached hydrogen (secondary N) is 1. The van der Waals surface area contributed by atoms with Gasteiger partial charge in [-0.1, -0.05) is 18.2 Å². The molecule has 1 fully saturated rings. The van der Waals surface area contributed by atoms with Crippen LogP contribution in [0.25, 0.3) is 10.9 Å². The molecule has 1 saturated heterocycles. The number of piperidine rings is 1. The second-order valence-electron chi connectivity index (χ2n) is 7.25. The van der Waals surface area contributed by atoms with Gasteiger partial charge in [0.15, 0.2) is 0 Å². The number of rotatable bonds is 3. The van der Waals surface area contributed by atoms with E-state index in [4.69, 9.17) is 10.8 Å². The van der Waals surface area contributed by atoms with Gasteiger partial charge in [0.1, 0.15) is 17.6 Å². The van der Waals surface area contributed by atoms with Crippen LogP contribution in [0.5, 0.6) is 0 Å². The number of aromatic amines is 1. The van der Waals surface area contributed by atoms with Gasteiger partial charge in [-0.05, 0) is 25.0 Å². The van der Waals surface area contributed by atoms with Crippen LogP contribution in [0.2, 0.25) is 0 Å². The van der Waals surface area contributed by atoms with Crippen LogP contribution in [-0.4, -0.2) is 46.0 Å². The van der Waals surface area contributed by atoms with Crippen molar-refractivity contribution in [2.45, 2.75) is 12.8 Å². The van der Waals surface area contributed by atoms with E-state index < -0.39 is 0 Å². The molecule has 0 spiro atoms. The Hall–Kier alpha value is -3.03. The zero-order valence-corrected chi connectivity index (χ0v) is 14.9. The molecule has 27 heavy (non-hydrogen) atoms. The molecule has 3 N–H and O–H groups in total. The number of para-hydroxylation sites is 1. The van der Waals surface area contributed by atoms with Gasteiger partial charge in [-0.15, -0.1) is 4.59 Å². The monoisotopic (exact) mass is 361 g/mol. The Labute approximate surface area is 156 Å². The summed E-state index contributed by atoms with van der Waals surface area (Å²) in [6, 6.07) is 10.2. The van der Waals surface area contributed by atoms with Gasteiger partial charge in [-0.2, -0.15) is 10.8 Å². The summed E-state index contributed by atoms with van der Waals surface area (Å²) in [6.07, 6.45) is 8.11. The van der Waals surface area contributed by atoms with Crippen LogP contribution in [0.3, 0.4) is 0 Å². The predicted molar refractivity (Wildman–Crippen MR) is 104 cm³/mol. The number of aliphatic imine (C=N–C) groups is 2. The molecule has 1 unspecified atom stereocenters. The van der Waals surface area contributed by atoms with E-state index in [0.717, 1.165) is 66.2 Å². The van der Waals surface area contributed by atoms with Crippen LogP contribution >= 0.6 is 0 Å². The lowest BCUT2D eigenvalue weighted by Crippen LogP contribution is -2.53. The summed E-state index contributed by atoms with van der Waals surface area (Å²) in [5.74, 6) is 7.85. The molecule has 5 rings (SSSR count). The minimum absolute atomic E-state index is 0.0273. The summed E-state index contributed by atoms with van der Waals surface area (Å²) >= 11 is 0. The SMILES string of the molecule is N[N+]12C=CN=CC1=C(C1CCN(C=O)CC1)N=C2c1cc2ccccc2[nH]1. The maximum absolute atomic E-state index is 11.0. The number of quaternary nitrogens is 1. The highest BCUT2D eigenvalue weighted by atomic mass is 16.1. The number of nitrogens with two attached hydrogens (primary N) is 1. The number of amides is 1. The molecular formula is C20H21N6O+. The molecule has 1 aromatic heterocycles. The van der Waals surface area contributed by atoms with E-state index in [1.165, 1.54) is 0 Å². The number of likely N-dealkylation sites (tertiary alicyclic amines) is 1. The molecule has 0 radical (unpaired) electrons. The molecule has 7 heteroatoms. The van der Waals surface area contributed by atoms with Crippen molar-refractivity contribution in [1.29, 1.82) is 0 Å². The maximum atomic E-state index is 11.0. The topological polar surface area (TPSA) is 86.8 Å². The molecule has 0 bridgehead atoms. The van der Waals surface area contributed by atoms with E-state index in [9.17, 15) is 4.79 Å². The predicted octanol–water partition coefficient (Wildman–Crippen LogP) is 2.25. The molecule has 1 atom stereocenters. The molecule has 136 valence electrons. The summed E-state index contributed by atoms with van der Waals surface area (Å²) in [4.78, 5) is 25.6. The largest absolute Gasteiger partial charge is 0.349 e. The van der Waals surface area contributed by atoms with Gasteiger partial charge in [0, 0.05) is 29.9 Å². The Kier molecular flexibility index (Phi) is 3.60. The molecule has 1 amide bonds. The number of fused-ring (bicyclic) bond motifs is 2. The fourth-order valence-corrected chi connectivity index (χ4v) is 4.16. The summed E-state index contributed by atoms with van der Waals surface area (Å²) in [6.45, 7) is 1.50. The third kappa shape index (κ3) is 2.47. The fourth-order valence-electron chi connectivity index (χ4n) is 4.16. The fraction of sp³-hybridized carbons (Fsp3) is 0.250. The van der Waals surface area contributed by atoms with Crippen molar-refractivity contribution in [3.05, 3.63) is 59.8 Å². The van der Waals surface area contributed by atoms with Gasteiger partial charge >= 0.3 is 0 Å². The standard InChI is InChI=1S/C20H21N6O/c21-26-10-7-22-12-18(26)19(14-5-8-25(13-27)9-6-14)24-20(26)17-11-15-3-1-2-4-16(15)23-17/h1-4,7,10-14,23H,5-6,8-9,21H2/q+1. The van der Waals surface area contributed by atoms with Gasteiger partial charge in [0.25, 0.3) is 5.84 Å². The quantitative estimate of drug-likeness (QED) is 0.499. The average Bonchev–Trinajstić information content (AvgIpc) is 3.26. The summed E-state index contributed by atoms with van der Waals surface area (Å²) in [7, 11) is 0. The number of nitrogens with zero attached hydrogens (tertiary/aromatic N) is 4. The molecule has 7 nitrogen and oxygen atoms in total. The number of benzene rings is 1. The van der Waals surface area contributed by atoms with Gasteiger partial charge in [-0.25, -0.2) is 0 Å². The summed E-state index contributed by atoms with van der Waals surface area (Å²) < 4.78 is 0.0273. The minimum atomic E-state index is 0.0273. The first-order chi connectivity index (χ1) is 13.2. The third-order valence-electron chi connectivity index (χ3n) is 5.66. The minimum Gasteiger partial charge on any atom is -0.349 e.